The first-order chi connectivity index (χ1) is 9.60. The van der Waals surface area contributed by atoms with Gasteiger partial charge < -0.3 is 10.8 Å². The van der Waals surface area contributed by atoms with Gasteiger partial charge in [-0.15, -0.1) is 0 Å². The molecule has 0 aliphatic heterocycles. The number of aliphatic carboxylic acids is 1. The predicted octanol–water partition coefficient (Wildman–Crippen LogP) is 2.72. The molecule has 3 N–H and O–H groups in total. The van der Waals surface area contributed by atoms with E-state index in [9.17, 15) is 9.90 Å². The van der Waals surface area contributed by atoms with Crippen molar-refractivity contribution in [3.63, 3.8) is 0 Å². The number of carboxylic acids is 1. The van der Waals surface area contributed by atoms with Crippen LogP contribution in [0.1, 0.15) is 11.1 Å². The third-order valence-electron chi connectivity index (χ3n) is 3.11. The highest BCUT2D eigenvalue weighted by molar-refractivity contribution is 5.83. The Bertz CT molecular complexity index is 593. The van der Waals surface area contributed by atoms with Gasteiger partial charge in [0.25, 0.3) is 0 Å². The zero-order valence-electron chi connectivity index (χ0n) is 11.1. The van der Waals surface area contributed by atoms with Crippen molar-refractivity contribution in [3.8, 4) is 0 Å². The molecule has 0 amide bonds. The fourth-order valence-electron chi connectivity index (χ4n) is 1.95. The molecule has 20 heavy (non-hydrogen) atoms. The van der Waals surface area contributed by atoms with E-state index in [1.54, 1.807) is 12.2 Å². The van der Waals surface area contributed by atoms with Crippen LogP contribution in [0, 0.1) is 0 Å². The van der Waals surface area contributed by atoms with E-state index < -0.39 is 11.5 Å². The number of hydrogen-bond donors (Lipinski definition) is 2. The van der Waals surface area contributed by atoms with Gasteiger partial charge in [-0.3, -0.25) is 0 Å². The molecule has 3 nitrogen and oxygen atoms in total. The number of nitrogens with two attached hydrogens (primary N) is 1. The minimum atomic E-state index is -1.41. The molecule has 0 aromatic heterocycles. The molecule has 2 rings (SSSR count). The smallest absolute Gasteiger partial charge is 0.328 e. The van der Waals surface area contributed by atoms with E-state index in [-0.39, 0.29) is 6.42 Å². The maximum Gasteiger partial charge on any atom is 0.328 e. The highest BCUT2D eigenvalue weighted by Gasteiger charge is 2.31. The molecule has 0 spiro atoms. The van der Waals surface area contributed by atoms with E-state index in [1.165, 1.54) is 0 Å². The minimum absolute atomic E-state index is 0.256. The number of rotatable bonds is 5. The van der Waals surface area contributed by atoms with Gasteiger partial charge in [-0.25, -0.2) is 4.79 Å². The summed E-state index contributed by atoms with van der Waals surface area (Å²) in [4.78, 5) is 11.5. The number of carboxylic acid groups (broad SMARTS) is 1. The van der Waals surface area contributed by atoms with Crippen LogP contribution in [0.4, 0.5) is 0 Å². The van der Waals surface area contributed by atoms with Crippen molar-refractivity contribution in [3.05, 3.63) is 77.9 Å². The Hall–Kier alpha value is -2.39. The first kappa shape index (κ1) is 14.0. The highest BCUT2D eigenvalue weighted by atomic mass is 16.4. The third kappa shape index (κ3) is 3.56. The fourth-order valence-corrected chi connectivity index (χ4v) is 1.95. The Morgan fingerprint density at radius 3 is 2.15 bits per heavy atom. The van der Waals surface area contributed by atoms with Crippen molar-refractivity contribution in [2.75, 3.05) is 0 Å². The lowest BCUT2D eigenvalue weighted by atomic mass is 9.91. The van der Waals surface area contributed by atoms with E-state index in [4.69, 9.17) is 5.73 Å². The Morgan fingerprint density at radius 1 is 1.05 bits per heavy atom. The van der Waals surface area contributed by atoms with Gasteiger partial charge in [0.05, 0.1) is 0 Å². The lowest BCUT2D eigenvalue weighted by Gasteiger charge is -2.20. The lowest BCUT2D eigenvalue weighted by molar-refractivity contribution is -0.141. The summed E-state index contributed by atoms with van der Waals surface area (Å²) < 4.78 is 0. The van der Waals surface area contributed by atoms with Crippen molar-refractivity contribution >= 4 is 12.0 Å². The molecule has 2 aromatic rings. The minimum Gasteiger partial charge on any atom is -0.480 e. The Balaban J connectivity index is 2.22. The summed E-state index contributed by atoms with van der Waals surface area (Å²) in [6.45, 7) is 0. The first-order valence-corrected chi connectivity index (χ1v) is 6.41. The molecule has 3 heteroatoms. The molecule has 1 unspecified atom stereocenters. The normalized spacial score (nSPS) is 14.1. The van der Waals surface area contributed by atoms with E-state index in [2.05, 4.69) is 0 Å². The van der Waals surface area contributed by atoms with Crippen LogP contribution in [0.15, 0.2) is 66.7 Å². The van der Waals surface area contributed by atoms with Gasteiger partial charge in [0.15, 0.2) is 0 Å². The molecule has 2 aromatic carbocycles. The summed E-state index contributed by atoms with van der Waals surface area (Å²) >= 11 is 0. The van der Waals surface area contributed by atoms with Gasteiger partial charge in [-0.2, -0.15) is 0 Å². The average molecular weight is 267 g/mol. The second kappa shape index (κ2) is 6.17. The summed E-state index contributed by atoms with van der Waals surface area (Å²) in [5, 5.41) is 9.40. The van der Waals surface area contributed by atoms with Gasteiger partial charge >= 0.3 is 5.97 Å². The Kier molecular flexibility index (Phi) is 4.33. The van der Waals surface area contributed by atoms with Crippen molar-refractivity contribution in [2.45, 2.75) is 12.0 Å². The number of hydrogen-bond acceptors (Lipinski definition) is 2. The second-order valence-corrected chi connectivity index (χ2v) is 4.75. The summed E-state index contributed by atoms with van der Waals surface area (Å²) in [7, 11) is 0. The maximum absolute atomic E-state index is 11.5. The molecule has 1 atom stereocenters. The van der Waals surface area contributed by atoms with E-state index in [0.29, 0.717) is 0 Å². The van der Waals surface area contributed by atoms with Crippen LogP contribution in [0.3, 0.4) is 0 Å². The first-order valence-electron chi connectivity index (χ1n) is 6.41. The van der Waals surface area contributed by atoms with Crippen LogP contribution in [-0.2, 0) is 11.2 Å². The molecule has 0 aliphatic carbocycles. The average Bonchev–Trinajstić information content (AvgIpc) is 2.47. The predicted molar refractivity (Wildman–Crippen MR) is 80.2 cm³/mol. The zero-order valence-corrected chi connectivity index (χ0v) is 11.1. The van der Waals surface area contributed by atoms with Gasteiger partial charge in [-0.05, 0) is 11.1 Å². The van der Waals surface area contributed by atoms with E-state index >= 15 is 0 Å². The van der Waals surface area contributed by atoms with Crippen molar-refractivity contribution in [2.24, 2.45) is 5.73 Å². The molecule has 0 fully saturated rings. The summed E-state index contributed by atoms with van der Waals surface area (Å²) in [6.07, 6.45) is 3.56. The lowest BCUT2D eigenvalue weighted by Crippen LogP contribution is -2.48. The monoisotopic (exact) mass is 267 g/mol. The molecule has 0 bridgehead atoms. The Morgan fingerprint density at radius 2 is 1.60 bits per heavy atom. The molecule has 0 radical (unpaired) electrons. The Labute approximate surface area is 118 Å². The standard InChI is InChI=1S/C17H17NO2/c18-17(16(19)20,13-15-9-5-2-6-10-15)12-11-14-7-3-1-4-8-14/h1-12H,13,18H2,(H,19,20). The molecular formula is C17H17NO2. The van der Waals surface area contributed by atoms with Crippen LogP contribution < -0.4 is 5.73 Å². The summed E-state index contributed by atoms with van der Waals surface area (Å²) in [6, 6.07) is 18.9. The SMILES string of the molecule is NC(C=Cc1ccccc1)(Cc1ccccc1)C(=O)O. The largest absolute Gasteiger partial charge is 0.480 e. The topological polar surface area (TPSA) is 63.3 Å². The summed E-state index contributed by atoms with van der Waals surface area (Å²) in [5.41, 5.74) is 6.45. The quantitative estimate of drug-likeness (QED) is 0.875. The molecule has 0 aliphatic rings. The van der Waals surface area contributed by atoms with E-state index in [1.807, 2.05) is 60.7 Å². The second-order valence-electron chi connectivity index (χ2n) is 4.75. The van der Waals surface area contributed by atoms with Crippen LogP contribution in [0.2, 0.25) is 0 Å². The fraction of sp³-hybridized carbons (Fsp3) is 0.118. The van der Waals surface area contributed by atoms with Crippen molar-refractivity contribution < 1.29 is 9.90 Å². The molecular weight excluding hydrogens is 250 g/mol. The number of benzene rings is 2. The molecule has 0 heterocycles. The number of carbonyl (C=O) groups is 1. The maximum atomic E-state index is 11.5. The van der Waals surface area contributed by atoms with E-state index in [0.717, 1.165) is 11.1 Å². The van der Waals surface area contributed by atoms with Gasteiger partial charge in [0.2, 0.25) is 0 Å². The van der Waals surface area contributed by atoms with Crippen LogP contribution in [-0.4, -0.2) is 16.6 Å². The van der Waals surface area contributed by atoms with Crippen LogP contribution in [0.25, 0.3) is 6.08 Å². The van der Waals surface area contributed by atoms with Crippen LogP contribution in [0.5, 0.6) is 0 Å². The molecule has 102 valence electrons. The van der Waals surface area contributed by atoms with Crippen LogP contribution >= 0.6 is 0 Å². The van der Waals surface area contributed by atoms with Gasteiger partial charge in [-0.1, -0.05) is 72.8 Å². The molecule has 0 saturated heterocycles. The zero-order chi connectivity index (χ0) is 14.4. The third-order valence-corrected chi connectivity index (χ3v) is 3.11. The summed E-state index contributed by atoms with van der Waals surface area (Å²) in [5.74, 6) is -1.03. The van der Waals surface area contributed by atoms with Crippen molar-refractivity contribution in [1.82, 2.24) is 0 Å². The molecule has 0 saturated carbocycles. The van der Waals surface area contributed by atoms with Gasteiger partial charge in [0.1, 0.15) is 5.54 Å². The van der Waals surface area contributed by atoms with Crippen molar-refractivity contribution in [1.29, 1.82) is 0 Å². The highest BCUT2D eigenvalue weighted by Crippen LogP contribution is 2.15. The van der Waals surface area contributed by atoms with Gasteiger partial charge in [0, 0.05) is 6.42 Å².